The molecule has 0 radical (unpaired) electrons. The lowest BCUT2D eigenvalue weighted by atomic mass is 9.94. The highest BCUT2D eigenvalue weighted by atomic mass is 15.1. The first-order valence-electron chi connectivity index (χ1n) is 18.9. The largest absolute Gasteiger partial charge is 0.310 e. The molecular weight excluding hydrogens is 681 g/mol. The average molecular weight is 717 g/mol. The molecule has 0 N–H and O–H groups in total. The van der Waals surface area contributed by atoms with E-state index < -0.39 is 0 Å². The van der Waals surface area contributed by atoms with Gasteiger partial charge in [-0.25, -0.2) is 9.97 Å². The molecule has 264 valence electrons. The highest BCUT2D eigenvalue weighted by Crippen LogP contribution is 2.46. The number of benzene rings is 8. The van der Waals surface area contributed by atoms with Crippen LogP contribution in [0.15, 0.2) is 219 Å². The lowest BCUT2D eigenvalue weighted by Gasteiger charge is -2.26. The Balaban J connectivity index is 1.24. The van der Waals surface area contributed by atoms with Crippen molar-refractivity contribution in [1.29, 1.82) is 0 Å². The molecule has 10 rings (SSSR count). The van der Waals surface area contributed by atoms with Crippen molar-refractivity contribution in [3.63, 3.8) is 0 Å². The molecule has 0 aliphatic carbocycles. The maximum absolute atomic E-state index is 4.50. The van der Waals surface area contributed by atoms with Crippen LogP contribution in [0.25, 0.3) is 72.3 Å². The van der Waals surface area contributed by atoms with E-state index >= 15 is 0 Å². The first-order valence-corrected chi connectivity index (χ1v) is 18.9. The molecule has 2 heterocycles. The maximum atomic E-state index is 4.50. The molecule has 0 saturated heterocycles. The van der Waals surface area contributed by atoms with E-state index in [1.807, 2.05) is 6.07 Å². The predicted octanol–water partition coefficient (Wildman–Crippen LogP) is 13.7. The van der Waals surface area contributed by atoms with Crippen molar-refractivity contribution in [3.05, 3.63) is 219 Å². The normalized spacial score (nSPS) is 11.2. The lowest BCUT2D eigenvalue weighted by Crippen LogP contribution is -2.10. The summed E-state index contributed by atoms with van der Waals surface area (Å²) < 4.78 is 2.44. The zero-order chi connectivity index (χ0) is 37.3. The zero-order valence-corrected chi connectivity index (χ0v) is 30.6. The molecule has 4 nitrogen and oxygen atoms in total. The quantitative estimate of drug-likeness (QED) is 0.157. The Morgan fingerprint density at radius 2 is 0.857 bits per heavy atom. The minimum atomic E-state index is 0.704. The van der Waals surface area contributed by atoms with Gasteiger partial charge in [0.05, 0.1) is 11.0 Å². The Labute approximate surface area is 326 Å². The second kappa shape index (κ2) is 14.3. The molecule has 4 heteroatoms. The Morgan fingerprint density at radius 1 is 0.375 bits per heavy atom. The highest BCUT2D eigenvalue weighted by molar-refractivity contribution is 6.20. The number of hydrogen-bond donors (Lipinski definition) is 0. The number of hydrogen-bond acceptors (Lipinski definition) is 3. The summed E-state index contributed by atoms with van der Waals surface area (Å²) in [7, 11) is 0. The third kappa shape index (κ3) is 6.00. The molecule has 0 fully saturated rings. The standard InChI is InChI=1S/C52H36N4/c1-5-14-37(15-6-1)38-22-26-43(27-23-38)55(44-28-24-41(25-29-44)52-53-34-13-35-54-52)45-30-33-49-48(36-45)50-46(39-16-7-2-8-17-39)31-32-47(40-18-9-3-10-19-40)51(50)56(49)42-20-11-4-12-21-42/h1-36H. The van der Waals surface area contributed by atoms with Gasteiger partial charge in [0.25, 0.3) is 0 Å². The van der Waals surface area contributed by atoms with E-state index in [1.165, 1.54) is 49.7 Å². The van der Waals surface area contributed by atoms with Crippen LogP contribution in [0.4, 0.5) is 17.1 Å². The molecule has 0 saturated carbocycles. The zero-order valence-electron chi connectivity index (χ0n) is 30.6. The molecule has 56 heavy (non-hydrogen) atoms. The van der Waals surface area contributed by atoms with Crippen molar-refractivity contribution in [3.8, 4) is 50.5 Å². The predicted molar refractivity (Wildman–Crippen MR) is 233 cm³/mol. The number of fused-ring (bicyclic) bond motifs is 3. The number of rotatable bonds is 8. The third-order valence-corrected chi connectivity index (χ3v) is 10.5. The van der Waals surface area contributed by atoms with Crippen LogP contribution in [-0.2, 0) is 0 Å². The van der Waals surface area contributed by atoms with E-state index in [1.54, 1.807) is 12.4 Å². The van der Waals surface area contributed by atoms with Crippen molar-refractivity contribution in [2.45, 2.75) is 0 Å². The van der Waals surface area contributed by atoms with Crippen molar-refractivity contribution in [2.75, 3.05) is 4.90 Å². The Kier molecular flexibility index (Phi) is 8.47. The van der Waals surface area contributed by atoms with Gasteiger partial charge in [-0.05, 0) is 101 Å². The molecule has 2 aromatic heterocycles. The van der Waals surface area contributed by atoms with Gasteiger partial charge in [-0.15, -0.1) is 0 Å². The number of aromatic nitrogens is 3. The molecule has 8 aromatic carbocycles. The van der Waals surface area contributed by atoms with Gasteiger partial charge in [0.1, 0.15) is 0 Å². The molecule has 0 unspecified atom stereocenters. The van der Waals surface area contributed by atoms with Gasteiger partial charge in [-0.2, -0.15) is 0 Å². The molecular formula is C52H36N4. The fourth-order valence-corrected chi connectivity index (χ4v) is 7.92. The topological polar surface area (TPSA) is 34.0 Å². The van der Waals surface area contributed by atoms with Gasteiger partial charge >= 0.3 is 0 Å². The van der Waals surface area contributed by atoms with Crippen LogP contribution in [0.2, 0.25) is 0 Å². The van der Waals surface area contributed by atoms with Crippen molar-refractivity contribution in [2.24, 2.45) is 0 Å². The second-order valence-corrected chi connectivity index (χ2v) is 13.9. The molecule has 0 bridgehead atoms. The van der Waals surface area contributed by atoms with Gasteiger partial charge in [-0.1, -0.05) is 133 Å². The van der Waals surface area contributed by atoms with Crippen molar-refractivity contribution < 1.29 is 0 Å². The van der Waals surface area contributed by atoms with Crippen molar-refractivity contribution in [1.82, 2.24) is 14.5 Å². The van der Waals surface area contributed by atoms with Crippen molar-refractivity contribution >= 4 is 38.9 Å². The van der Waals surface area contributed by atoms with Gasteiger partial charge in [-0.3, -0.25) is 0 Å². The number of para-hydroxylation sites is 1. The van der Waals surface area contributed by atoms with Gasteiger partial charge in [0, 0.05) is 57.0 Å². The van der Waals surface area contributed by atoms with Crippen LogP contribution < -0.4 is 4.90 Å². The minimum Gasteiger partial charge on any atom is -0.310 e. The highest BCUT2D eigenvalue weighted by Gasteiger charge is 2.22. The first-order chi connectivity index (χ1) is 27.8. The smallest absolute Gasteiger partial charge is 0.159 e. The Morgan fingerprint density at radius 3 is 1.46 bits per heavy atom. The van der Waals surface area contributed by atoms with Crippen LogP contribution >= 0.6 is 0 Å². The van der Waals surface area contributed by atoms with E-state index in [0.717, 1.165) is 33.8 Å². The third-order valence-electron chi connectivity index (χ3n) is 10.5. The molecule has 0 atom stereocenters. The van der Waals surface area contributed by atoms with Crippen LogP contribution in [-0.4, -0.2) is 14.5 Å². The van der Waals surface area contributed by atoms with Gasteiger partial charge in [0.15, 0.2) is 5.82 Å². The monoisotopic (exact) mass is 716 g/mol. The molecule has 10 aromatic rings. The summed E-state index contributed by atoms with van der Waals surface area (Å²) in [6.07, 6.45) is 3.57. The van der Waals surface area contributed by atoms with E-state index in [9.17, 15) is 0 Å². The molecule has 0 aliphatic heterocycles. The van der Waals surface area contributed by atoms with Crippen LogP contribution in [0.3, 0.4) is 0 Å². The maximum Gasteiger partial charge on any atom is 0.159 e. The van der Waals surface area contributed by atoms with Crippen LogP contribution in [0, 0.1) is 0 Å². The summed E-state index contributed by atoms with van der Waals surface area (Å²) in [5.74, 6) is 0.704. The summed E-state index contributed by atoms with van der Waals surface area (Å²) in [4.78, 5) is 11.4. The summed E-state index contributed by atoms with van der Waals surface area (Å²) >= 11 is 0. The second-order valence-electron chi connectivity index (χ2n) is 13.9. The lowest BCUT2D eigenvalue weighted by molar-refractivity contribution is 1.17. The Bertz CT molecular complexity index is 2820. The summed E-state index contributed by atoms with van der Waals surface area (Å²) in [6.45, 7) is 0. The van der Waals surface area contributed by atoms with E-state index in [4.69, 9.17) is 0 Å². The molecule has 0 aliphatic rings. The number of anilines is 3. The van der Waals surface area contributed by atoms with E-state index in [0.29, 0.717) is 5.82 Å². The van der Waals surface area contributed by atoms with Crippen LogP contribution in [0.5, 0.6) is 0 Å². The fraction of sp³-hybridized carbons (Fsp3) is 0. The van der Waals surface area contributed by atoms with E-state index in [2.05, 4.69) is 220 Å². The Hall–Kier alpha value is -7.56. The SMILES string of the molecule is c1ccc(-c2ccc(N(c3ccc(-c4ncccn4)cc3)c3ccc4c(c3)c3c(-c5ccccc5)ccc(-c5ccccc5)c3n4-c3ccccc3)cc2)cc1. The summed E-state index contributed by atoms with van der Waals surface area (Å²) in [5.41, 5.74) is 14.7. The van der Waals surface area contributed by atoms with Crippen LogP contribution in [0.1, 0.15) is 0 Å². The summed E-state index contributed by atoms with van der Waals surface area (Å²) in [5, 5.41) is 2.40. The summed E-state index contributed by atoms with van der Waals surface area (Å²) in [6, 6.07) is 73.5. The average Bonchev–Trinajstić information content (AvgIpc) is 3.63. The van der Waals surface area contributed by atoms with Gasteiger partial charge < -0.3 is 9.47 Å². The minimum absolute atomic E-state index is 0.704. The first kappa shape index (κ1) is 33.0. The van der Waals surface area contributed by atoms with Gasteiger partial charge in [0.2, 0.25) is 0 Å². The molecule has 0 amide bonds. The van der Waals surface area contributed by atoms with E-state index in [-0.39, 0.29) is 0 Å². The number of nitrogens with zero attached hydrogens (tertiary/aromatic N) is 4. The molecule has 0 spiro atoms. The fourth-order valence-electron chi connectivity index (χ4n) is 7.92.